The minimum atomic E-state index is -3.75. The highest BCUT2D eigenvalue weighted by molar-refractivity contribution is 7.89. The molecule has 0 amide bonds. The predicted molar refractivity (Wildman–Crippen MR) is 92.6 cm³/mol. The summed E-state index contributed by atoms with van der Waals surface area (Å²) in [7, 11) is -7.50. The average Bonchev–Trinajstić information content (AvgIpc) is 3.01. The molecular weight excluding hydrogens is 383 g/mol. The largest absolute Gasteiger partial charge is 0.335 e. The van der Waals surface area contributed by atoms with E-state index < -0.39 is 31.6 Å². The second-order valence-electron chi connectivity index (χ2n) is 5.92. The van der Waals surface area contributed by atoms with Gasteiger partial charge >= 0.3 is 0 Å². The first-order valence-corrected chi connectivity index (χ1v) is 11.1. The predicted octanol–water partition coefficient (Wildman–Crippen LogP) is 0.775. The zero-order valence-electron chi connectivity index (χ0n) is 13.9. The number of nitrogens with zero attached hydrogens (tertiary/aromatic N) is 3. The van der Waals surface area contributed by atoms with Crippen LogP contribution in [0.25, 0.3) is 0 Å². The summed E-state index contributed by atoms with van der Waals surface area (Å²) in [5.41, 5.74) is 0.0960. The summed E-state index contributed by atoms with van der Waals surface area (Å²) >= 11 is 0. The smallest absolute Gasteiger partial charge is 0.260 e. The summed E-state index contributed by atoms with van der Waals surface area (Å²) in [4.78, 5) is 6.27. The van der Waals surface area contributed by atoms with Gasteiger partial charge in [0.1, 0.15) is 5.82 Å². The lowest BCUT2D eigenvalue weighted by molar-refractivity contribution is 0.403. The Labute approximate surface area is 151 Å². The van der Waals surface area contributed by atoms with Gasteiger partial charge in [-0.2, -0.15) is 4.31 Å². The minimum absolute atomic E-state index is 0.0180. The quantitative estimate of drug-likeness (QED) is 0.796. The highest BCUT2D eigenvalue weighted by atomic mass is 32.2. The Hall–Kier alpha value is -1.82. The second kappa shape index (κ2) is 7.43. The molecule has 0 unspecified atom stereocenters. The van der Waals surface area contributed by atoms with Crippen molar-refractivity contribution < 1.29 is 21.2 Å². The lowest BCUT2D eigenvalue weighted by Crippen LogP contribution is -2.38. The molecule has 1 aliphatic rings. The maximum absolute atomic E-state index is 13.8. The van der Waals surface area contributed by atoms with Gasteiger partial charge in [-0.1, -0.05) is 18.2 Å². The first kappa shape index (κ1) is 19.0. The Bertz CT molecular complexity index is 961. The van der Waals surface area contributed by atoms with Gasteiger partial charge in [0.05, 0.1) is 18.3 Å². The number of aromatic nitrogens is 2. The van der Waals surface area contributed by atoms with E-state index in [1.54, 1.807) is 6.07 Å². The Kier molecular flexibility index (Phi) is 5.42. The molecule has 2 heterocycles. The molecule has 2 aromatic rings. The highest BCUT2D eigenvalue weighted by Crippen LogP contribution is 2.19. The van der Waals surface area contributed by atoms with Crippen LogP contribution >= 0.6 is 0 Å². The van der Waals surface area contributed by atoms with Crippen LogP contribution in [0.2, 0.25) is 0 Å². The topological polar surface area (TPSA) is 103 Å². The fourth-order valence-electron chi connectivity index (χ4n) is 2.82. The van der Waals surface area contributed by atoms with Crippen molar-refractivity contribution >= 4 is 20.0 Å². The van der Waals surface area contributed by atoms with Crippen molar-refractivity contribution in [2.45, 2.75) is 17.2 Å². The van der Waals surface area contributed by atoms with Crippen molar-refractivity contribution in [1.82, 2.24) is 18.6 Å². The van der Waals surface area contributed by atoms with E-state index in [2.05, 4.69) is 9.97 Å². The number of nitrogens with one attached hydrogen (secondary N) is 1. The zero-order valence-corrected chi connectivity index (χ0v) is 15.5. The van der Waals surface area contributed by atoms with E-state index in [0.717, 1.165) is 0 Å². The summed E-state index contributed by atoms with van der Waals surface area (Å²) in [6.07, 6.45) is 2.84. The number of imidazole rings is 1. The van der Waals surface area contributed by atoms with Gasteiger partial charge in [-0.05, 0) is 12.5 Å². The van der Waals surface area contributed by atoms with Crippen LogP contribution in [0, 0.1) is 5.82 Å². The number of hydrogen-bond acceptors (Lipinski definition) is 5. The number of aromatic amines is 1. The molecule has 0 aliphatic carbocycles. The van der Waals surface area contributed by atoms with Crippen molar-refractivity contribution in [2.75, 3.05) is 26.2 Å². The summed E-state index contributed by atoms with van der Waals surface area (Å²) < 4.78 is 66.5. The maximum atomic E-state index is 13.8. The zero-order chi connectivity index (χ0) is 18.8. The molecule has 1 aliphatic heterocycles. The van der Waals surface area contributed by atoms with E-state index in [-0.39, 0.29) is 36.8 Å². The van der Waals surface area contributed by atoms with Gasteiger partial charge in [-0.3, -0.25) is 0 Å². The molecule has 0 saturated carbocycles. The van der Waals surface area contributed by atoms with Crippen molar-refractivity contribution in [3.8, 4) is 0 Å². The van der Waals surface area contributed by atoms with Crippen molar-refractivity contribution in [2.24, 2.45) is 0 Å². The second-order valence-corrected chi connectivity index (χ2v) is 9.80. The molecule has 0 bridgehead atoms. The van der Waals surface area contributed by atoms with Crippen LogP contribution in [0.1, 0.15) is 12.0 Å². The maximum Gasteiger partial charge on any atom is 0.260 e. The third-order valence-corrected chi connectivity index (χ3v) is 7.85. The van der Waals surface area contributed by atoms with Gasteiger partial charge in [0, 0.05) is 31.7 Å². The molecule has 1 aromatic carbocycles. The van der Waals surface area contributed by atoms with E-state index in [1.165, 1.54) is 39.3 Å². The van der Waals surface area contributed by atoms with E-state index in [9.17, 15) is 21.2 Å². The Morgan fingerprint density at radius 1 is 1.04 bits per heavy atom. The molecular formula is C15H19FN4O4S2. The van der Waals surface area contributed by atoms with Gasteiger partial charge in [0.25, 0.3) is 10.0 Å². The molecule has 1 fully saturated rings. The van der Waals surface area contributed by atoms with Gasteiger partial charge in [-0.25, -0.2) is 30.5 Å². The molecule has 1 aromatic heterocycles. The highest BCUT2D eigenvalue weighted by Gasteiger charge is 2.31. The normalized spacial score (nSPS) is 17.9. The van der Waals surface area contributed by atoms with Crippen LogP contribution in [-0.4, -0.2) is 61.6 Å². The van der Waals surface area contributed by atoms with Crippen molar-refractivity contribution in [3.05, 3.63) is 48.2 Å². The molecule has 142 valence electrons. The number of rotatable bonds is 5. The van der Waals surface area contributed by atoms with Gasteiger partial charge < -0.3 is 4.98 Å². The molecule has 8 nitrogen and oxygen atoms in total. The summed E-state index contributed by atoms with van der Waals surface area (Å²) in [5, 5.41) is -0.0276. The number of halogens is 1. The summed E-state index contributed by atoms with van der Waals surface area (Å²) in [6.45, 7) is 0.431. The van der Waals surface area contributed by atoms with Crippen LogP contribution in [0.3, 0.4) is 0 Å². The standard InChI is InChI=1S/C15H19FN4O4S2/c16-14-5-2-1-4-13(14)11-25(21,22)19-6-3-7-20(9-8-19)26(23,24)15-10-17-12-18-15/h1-2,4-5,10,12H,3,6-9,11H2,(H,17,18). The number of benzene rings is 1. The molecule has 0 radical (unpaired) electrons. The van der Waals surface area contributed by atoms with E-state index in [1.807, 2.05) is 0 Å². The Morgan fingerprint density at radius 2 is 1.73 bits per heavy atom. The Balaban J connectivity index is 1.73. The SMILES string of the molecule is O=S(=O)(Cc1ccccc1F)N1CCCN(S(=O)(=O)c2cnc[nH]2)CC1. The van der Waals surface area contributed by atoms with Gasteiger partial charge in [-0.15, -0.1) is 0 Å². The molecule has 3 rings (SSSR count). The summed E-state index contributed by atoms with van der Waals surface area (Å²) in [5.74, 6) is -1.03. The van der Waals surface area contributed by atoms with Crippen molar-refractivity contribution in [1.29, 1.82) is 0 Å². The van der Waals surface area contributed by atoms with Crippen LogP contribution in [0.4, 0.5) is 4.39 Å². The lowest BCUT2D eigenvalue weighted by atomic mass is 10.2. The van der Waals surface area contributed by atoms with Gasteiger partial charge in [0.2, 0.25) is 10.0 Å². The molecule has 26 heavy (non-hydrogen) atoms. The van der Waals surface area contributed by atoms with E-state index in [4.69, 9.17) is 0 Å². The third kappa shape index (κ3) is 3.95. The monoisotopic (exact) mass is 402 g/mol. The first-order chi connectivity index (χ1) is 12.3. The van der Waals surface area contributed by atoms with E-state index >= 15 is 0 Å². The fourth-order valence-corrected chi connectivity index (χ4v) is 5.76. The van der Waals surface area contributed by atoms with Crippen LogP contribution in [0.15, 0.2) is 41.8 Å². The van der Waals surface area contributed by atoms with Gasteiger partial charge in [0.15, 0.2) is 5.03 Å². The summed E-state index contributed by atoms with van der Waals surface area (Å²) in [6, 6.07) is 5.72. The first-order valence-electron chi connectivity index (χ1n) is 8.00. The molecule has 0 atom stereocenters. The Morgan fingerprint density at radius 3 is 2.42 bits per heavy atom. The van der Waals surface area contributed by atoms with E-state index in [0.29, 0.717) is 6.42 Å². The fraction of sp³-hybridized carbons (Fsp3) is 0.400. The average molecular weight is 402 g/mol. The molecule has 0 spiro atoms. The number of sulfonamides is 2. The molecule has 11 heteroatoms. The third-order valence-electron chi connectivity index (χ3n) is 4.19. The molecule has 1 N–H and O–H groups in total. The molecule has 1 saturated heterocycles. The van der Waals surface area contributed by atoms with Crippen LogP contribution < -0.4 is 0 Å². The number of H-pyrrole nitrogens is 1. The minimum Gasteiger partial charge on any atom is -0.335 e. The van der Waals surface area contributed by atoms with Crippen molar-refractivity contribution in [3.63, 3.8) is 0 Å². The van der Waals surface area contributed by atoms with Crippen LogP contribution in [-0.2, 0) is 25.8 Å². The van der Waals surface area contributed by atoms with Crippen LogP contribution in [0.5, 0.6) is 0 Å². The number of hydrogen-bond donors (Lipinski definition) is 1. The lowest BCUT2D eigenvalue weighted by Gasteiger charge is -2.21.